The van der Waals surface area contributed by atoms with E-state index in [0.717, 1.165) is 5.56 Å². The second kappa shape index (κ2) is 9.06. The van der Waals surface area contributed by atoms with Gasteiger partial charge in [-0.05, 0) is 25.6 Å². The second-order valence-corrected chi connectivity index (χ2v) is 9.64. The van der Waals surface area contributed by atoms with Crippen molar-refractivity contribution in [1.29, 1.82) is 0 Å². The first-order valence-electron chi connectivity index (χ1n) is 8.64. The van der Waals surface area contributed by atoms with E-state index in [1.54, 1.807) is 0 Å². The third-order valence-corrected chi connectivity index (χ3v) is 8.17. The van der Waals surface area contributed by atoms with E-state index in [2.05, 4.69) is 19.7 Å². The standard InChI is InChI=1S/C18H29OPS/c1-3-4-5-6-7-8-9-10-11-12-13-15-14-16-17(19)20(2)18(16)21-15/h14H,3-13H2,1-2H3. The first kappa shape index (κ1) is 17.2. The topological polar surface area (TPSA) is 17.1 Å². The summed E-state index contributed by atoms with van der Waals surface area (Å²) in [5.41, 5.74) is 1.47. The van der Waals surface area contributed by atoms with Crippen LogP contribution in [0.2, 0.25) is 0 Å². The quantitative estimate of drug-likeness (QED) is 0.355. The highest BCUT2D eigenvalue weighted by Crippen LogP contribution is 2.48. The van der Waals surface area contributed by atoms with Gasteiger partial charge in [-0.25, -0.2) is 0 Å². The molecule has 0 N–H and O–H groups in total. The molecule has 2 rings (SSSR count). The van der Waals surface area contributed by atoms with Gasteiger partial charge in [0.05, 0.1) is 0 Å². The Balaban J connectivity index is 1.47. The summed E-state index contributed by atoms with van der Waals surface area (Å²) >= 11 is 1.90. The number of carbonyl (C=O) groups excluding carboxylic acids is 1. The molecule has 1 aliphatic rings. The van der Waals surface area contributed by atoms with Gasteiger partial charge in [-0.3, -0.25) is 4.79 Å². The van der Waals surface area contributed by atoms with Crippen molar-refractivity contribution < 1.29 is 4.79 Å². The van der Waals surface area contributed by atoms with E-state index in [1.165, 1.54) is 80.1 Å². The van der Waals surface area contributed by atoms with Crippen molar-refractivity contribution in [2.75, 3.05) is 6.66 Å². The first-order valence-corrected chi connectivity index (χ1v) is 11.3. The van der Waals surface area contributed by atoms with Crippen LogP contribution in [-0.2, 0) is 6.42 Å². The number of unbranched alkanes of at least 4 members (excludes halogenated alkanes) is 9. The van der Waals surface area contributed by atoms with Gasteiger partial charge in [0.2, 0.25) is 0 Å². The predicted octanol–water partition coefficient (Wildman–Crippen LogP) is 6.10. The Kier molecular flexibility index (Phi) is 7.40. The Morgan fingerprint density at radius 1 is 0.952 bits per heavy atom. The summed E-state index contributed by atoms with van der Waals surface area (Å²) in [6.45, 7) is 4.37. The molecule has 0 amide bonds. The number of fused-ring (bicyclic) bond motifs is 1. The second-order valence-electron chi connectivity index (χ2n) is 6.23. The molecule has 0 aromatic carbocycles. The minimum Gasteiger partial charge on any atom is -0.289 e. The molecule has 2 heterocycles. The van der Waals surface area contributed by atoms with Crippen molar-refractivity contribution in [2.45, 2.75) is 77.6 Å². The van der Waals surface area contributed by atoms with Crippen molar-refractivity contribution in [2.24, 2.45) is 0 Å². The molecule has 0 aliphatic carbocycles. The maximum Gasteiger partial charge on any atom is 0.190 e. The highest BCUT2D eigenvalue weighted by Gasteiger charge is 2.34. The van der Waals surface area contributed by atoms with Gasteiger partial charge in [-0.2, -0.15) is 0 Å². The number of hydrogen-bond acceptors (Lipinski definition) is 2. The van der Waals surface area contributed by atoms with Crippen molar-refractivity contribution in [3.63, 3.8) is 0 Å². The van der Waals surface area contributed by atoms with Gasteiger partial charge in [-0.15, -0.1) is 11.3 Å². The fourth-order valence-corrected chi connectivity index (χ4v) is 6.20. The summed E-state index contributed by atoms with van der Waals surface area (Å²) in [6.07, 6.45) is 15.1. The summed E-state index contributed by atoms with van der Waals surface area (Å²) in [6, 6.07) is 2.17. The summed E-state index contributed by atoms with van der Waals surface area (Å²) in [7, 11) is -0.428. The summed E-state index contributed by atoms with van der Waals surface area (Å²) < 4.78 is 1.40. The summed E-state index contributed by atoms with van der Waals surface area (Å²) in [5.74, 6) is 0. The van der Waals surface area contributed by atoms with Crippen LogP contribution in [0.3, 0.4) is 0 Å². The van der Waals surface area contributed by atoms with E-state index >= 15 is 0 Å². The Morgan fingerprint density at radius 3 is 2.10 bits per heavy atom. The minimum atomic E-state index is -0.428. The van der Waals surface area contributed by atoms with Gasteiger partial charge >= 0.3 is 0 Å². The molecule has 0 saturated carbocycles. The zero-order chi connectivity index (χ0) is 15.1. The lowest BCUT2D eigenvalue weighted by molar-refractivity contribution is 0.107. The predicted molar refractivity (Wildman–Crippen MR) is 96.7 cm³/mol. The third kappa shape index (κ3) is 4.89. The van der Waals surface area contributed by atoms with E-state index < -0.39 is 7.92 Å². The molecule has 1 aliphatic heterocycles. The average Bonchev–Trinajstić information content (AvgIpc) is 2.89. The van der Waals surface area contributed by atoms with Crippen LogP contribution in [0.1, 0.15) is 86.4 Å². The molecule has 1 atom stereocenters. The van der Waals surface area contributed by atoms with Crippen LogP contribution < -0.4 is 4.62 Å². The molecule has 0 fully saturated rings. The highest BCUT2D eigenvalue weighted by atomic mass is 32.1. The molecule has 0 radical (unpaired) electrons. The van der Waals surface area contributed by atoms with Crippen LogP contribution in [0.4, 0.5) is 0 Å². The smallest absolute Gasteiger partial charge is 0.190 e. The SMILES string of the molecule is CCCCCCCCCCCCc1cc2c(s1)P(C)C2=O. The number of thiophene rings is 1. The largest absolute Gasteiger partial charge is 0.289 e. The van der Waals surface area contributed by atoms with Crippen LogP contribution in [0.15, 0.2) is 6.07 Å². The van der Waals surface area contributed by atoms with Crippen LogP contribution in [-0.4, -0.2) is 12.2 Å². The van der Waals surface area contributed by atoms with Crippen molar-refractivity contribution >= 4 is 29.4 Å². The van der Waals surface area contributed by atoms with Crippen molar-refractivity contribution in [3.05, 3.63) is 16.5 Å². The van der Waals surface area contributed by atoms with E-state index in [9.17, 15) is 4.79 Å². The maximum absolute atomic E-state index is 11.6. The van der Waals surface area contributed by atoms with Crippen molar-refractivity contribution in [3.8, 4) is 0 Å². The minimum absolute atomic E-state index is 0.422. The lowest BCUT2D eigenvalue weighted by Gasteiger charge is -2.19. The summed E-state index contributed by atoms with van der Waals surface area (Å²) in [4.78, 5) is 13.1. The molecule has 1 unspecified atom stereocenters. The van der Waals surface area contributed by atoms with Gasteiger partial charge in [0, 0.05) is 23.0 Å². The lowest BCUT2D eigenvalue weighted by atomic mass is 10.1. The Labute approximate surface area is 135 Å². The summed E-state index contributed by atoms with van der Waals surface area (Å²) in [5, 5.41) is 0. The Morgan fingerprint density at radius 2 is 1.52 bits per heavy atom. The van der Waals surface area contributed by atoms with E-state index in [-0.39, 0.29) is 0 Å². The van der Waals surface area contributed by atoms with Gasteiger partial charge < -0.3 is 0 Å². The monoisotopic (exact) mass is 324 g/mol. The fraction of sp³-hybridized carbons (Fsp3) is 0.722. The molecular weight excluding hydrogens is 295 g/mol. The van der Waals surface area contributed by atoms with E-state index in [0.29, 0.717) is 5.52 Å². The Hall–Kier alpha value is -0.200. The zero-order valence-corrected chi connectivity index (χ0v) is 15.3. The molecule has 0 spiro atoms. The van der Waals surface area contributed by atoms with Gasteiger partial charge in [-0.1, -0.05) is 64.7 Å². The molecule has 1 nitrogen and oxygen atoms in total. The first-order chi connectivity index (χ1) is 10.2. The van der Waals surface area contributed by atoms with Crippen molar-refractivity contribution in [1.82, 2.24) is 0 Å². The maximum atomic E-state index is 11.6. The van der Waals surface area contributed by atoms with Crippen LogP contribution in [0.5, 0.6) is 0 Å². The fourth-order valence-electron chi connectivity index (χ4n) is 2.96. The Bertz CT molecular complexity index is 452. The van der Waals surface area contributed by atoms with Gasteiger partial charge in [0.1, 0.15) is 0 Å². The van der Waals surface area contributed by atoms with E-state index in [4.69, 9.17) is 0 Å². The normalized spacial score (nSPS) is 16.9. The van der Waals surface area contributed by atoms with E-state index in [1.807, 2.05) is 11.3 Å². The van der Waals surface area contributed by atoms with Crippen LogP contribution >= 0.6 is 19.3 Å². The number of rotatable bonds is 11. The number of carbonyl (C=O) groups is 1. The van der Waals surface area contributed by atoms with Gasteiger partial charge in [0.25, 0.3) is 0 Å². The lowest BCUT2D eigenvalue weighted by Crippen LogP contribution is -2.21. The highest BCUT2D eigenvalue weighted by molar-refractivity contribution is 7.89. The molecule has 0 bridgehead atoms. The molecule has 0 saturated heterocycles. The number of aryl methyl sites for hydroxylation is 1. The zero-order valence-electron chi connectivity index (χ0n) is 13.6. The molecule has 3 heteroatoms. The molecule has 118 valence electrons. The average molecular weight is 324 g/mol. The molecule has 21 heavy (non-hydrogen) atoms. The molecule has 1 aromatic rings. The molecule has 1 aromatic heterocycles. The third-order valence-electron chi connectivity index (χ3n) is 4.38. The van der Waals surface area contributed by atoms with Crippen LogP contribution in [0.25, 0.3) is 0 Å². The van der Waals surface area contributed by atoms with Crippen LogP contribution in [0, 0.1) is 0 Å². The molecular formula is C18H29OPS. The number of hydrogen-bond donors (Lipinski definition) is 0. The van der Waals surface area contributed by atoms with Gasteiger partial charge in [0.15, 0.2) is 5.52 Å².